The van der Waals surface area contributed by atoms with Crippen molar-refractivity contribution in [2.45, 2.75) is 96.8 Å². The molecule has 0 bridgehead atoms. The largest absolute Gasteiger partial charge is 0.502 e. The van der Waals surface area contributed by atoms with Gasteiger partial charge in [-0.3, -0.25) is 14.9 Å². The van der Waals surface area contributed by atoms with Crippen molar-refractivity contribution in [3.05, 3.63) is 46.5 Å². The number of carboxylic acid groups (broad SMARTS) is 1. The Hall–Kier alpha value is -2.37. The third-order valence-corrected chi connectivity index (χ3v) is 4.73. The highest BCUT2D eigenvalue weighted by Gasteiger charge is 2.09. The van der Waals surface area contributed by atoms with Crippen LogP contribution in [0.4, 0.5) is 5.69 Å². The quantitative estimate of drug-likeness (QED) is 0.125. The SMILES string of the molecule is CCCCCCCCC=CCCCCCCCC(=O)O.O=[N+]([O-])c1ccccc1O. The van der Waals surface area contributed by atoms with Gasteiger partial charge in [0.1, 0.15) is 0 Å². The molecule has 6 heteroatoms. The summed E-state index contributed by atoms with van der Waals surface area (Å²) in [6.45, 7) is 2.26. The molecular weight excluding hydrogens is 382 g/mol. The molecule has 0 heterocycles. The Morgan fingerprint density at radius 3 is 1.87 bits per heavy atom. The second-order valence-electron chi connectivity index (χ2n) is 7.47. The molecule has 0 aromatic heterocycles. The predicted octanol–water partition coefficient (Wildman–Crippen LogP) is 7.41. The maximum Gasteiger partial charge on any atom is 0.310 e. The van der Waals surface area contributed by atoms with Crippen LogP contribution in [0.3, 0.4) is 0 Å². The number of hydrogen-bond acceptors (Lipinski definition) is 4. The minimum absolute atomic E-state index is 0.262. The fourth-order valence-corrected chi connectivity index (χ4v) is 2.97. The van der Waals surface area contributed by atoms with Gasteiger partial charge in [-0.15, -0.1) is 0 Å². The number of phenols is 1. The zero-order valence-electron chi connectivity index (χ0n) is 18.4. The van der Waals surface area contributed by atoms with Gasteiger partial charge in [-0.05, 0) is 38.2 Å². The molecule has 170 valence electrons. The van der Waals surface area contributed by atoms with E-state index in [0.29, 0.717) is 6.42 Å². The highest BCUT2D eigenvalue weighted by Crippen LogP contribution is 2.23. The van der Waals surface area contributed by atoms with Gasteiger partial charge in [0.15, 0.2) is 5.75 Å². The van der Waals surface area contributed by atoms with Crippen LogP contribution in [-0.2, 0) is 4.79 Å². The van der Waals surface area contributed by atoms with E-state index >= 15 is 0 Å². The van der Waals surface area contributed by atoms with E-state index in [9.17, 15) is 14.9 Å². The lowest BCUT2D eigenvalue weighted by Crippen LogP contribution is -1.93. The molecule has 1 aromatic carbocycles. The van der Waals surface area contributed by atoms with E-state index in [2.05, 4.69) is 19.1 Å². The number of carbonyl (C=O) groups is 1. The van der Waals surface area contributed by atoms with Crippen molar-refractivity contribution in [2.24, 2.45) is 0 Å². The number of aliphatic carboxylic acids is 1. The molecule has 0 aliphatic heterocycles. The molecule has 0 fully saturated rings. The fourth-order valence-electron chi connectivity index (χ4n) is 2.97. The summed E-state index contributed by atoms with van der Waals surface area (Å²) in [6, 6.07) is 5.55. The zero-order chi connectivity index (χ0) is 22.5. The number of unbranched alkanes of at least 4 members (excludes halogenated alkanes) is 11. The number of carboxylic acids is 1. The minimum atomic E-state index is -0.664. The first-order valence-corrected chi connectivity index (χ1v) is 11.3. The van der Waals surface area contributed by atoms with Gasteiger partial charge in [0, 0.05) is 12.5 Å². The van der Waals surface area contributed by atoms with Gasteiger partial charge in [-0.2, -0.15) is 0 Å². The molecule has 30 heavy (non-hydrogen) atoms. The fraction of sp³-hybridized carbons (Fsp3) is 0.625. The van der Waals surface area contributed by atoms with E-state index in [1.807, 2.05) is 0 Å². The van der Waals surface area contributed by atoms with Crippen LogP contribution in [0, 0.1) is 10.1 Å². The zero-order valence-corrected chi connectivity index (χ0v) is 18.4. The van der Waals surface area contributed by atoms with Gasteiger partial charge in [0.05, 0.1) is 4.92 Å². The molecule has 0 aliphatic carbocycles. The molecule has 0 saturated heterocycles. The van der Waals surface area contributed by atoms with Crippen LogP contribution in [0.5, 0.6) is 5.75 Å². The van der Waals surface area contributed by atoms with Crippen molar-refractivity contribution in [3.8, 4) is 5.75 Å². The Balaban J connectivity index is 0.000000696. The van der Waals surface area contributed by atoms with Gasteiger partial charge < -0.3 is 10.2 Å². The lowest BCUT2D eigenvalue weighted by molar-refractivity contribution is -0.385. The van der Waals surface area contributed by atoms with E-state index in [4.69, 9.17) is 10.2 Å². The monoisotopic (exact) mass is 421 g/mol. The molecule has 0 atom stereocenters. The lowest BCUT2D eigenvalue weighted by atomic mass is 10.1. The number of rotatable bonds is 16. The summed E-state index contributed by atoms with van der Waals surface area (Å²) in [6.07, 6.45) is 21.2. The van der Waals surface area contributed by atoms with Crippen LogP contribution in [-0.4, -0.2) is 21.1 Å². The number of hydrogen-bond donors (Lipinski definition) is 2. The van der Waals surface area contributed by atoms with Gasteiger partial charge >= 0.3 is 11.7 Å². The maximum absolute atomic E-state index is 10.3. The molecule has 1 rings (SSSR count). The van der Waals surface area contributed by atoms with Crippen LogP contribution in [0.15, 0.2) is 36.4 Å². The molecule has 6 nitrogen and oxygen atoms in total. The Bertz CT molecular complexity index is 601. The number of nitro benzene ring substituents is 1. The summed E-state index contributed by atoms with van der Waals surface area (Å²) >= 11 is 0. The Morgan fingerprint density at radius 1 is 0.900 bits per heavy atom. The molecule has 0 amide bonds. The second-order valence-corrected chi connectivity index (χ2v) is 7.47. The average molecular weight is 422 g/mol. The molecule has 0 radical (unpaired) electrons. The van der Waals surface area contributed by atoms with Crippen molar-refractivity contribution in [2.75, 3.05) is 0 Å². The Kier molecular flexibility index (Phi) is 18.4. The van der Waals surface area contributed by atoms with Crippen LogP contribution in [0.2, 0.25) is 0 Å². The highest BCUT2D eigenvalue weighted by atomic mass is 16.6. The summed E-state index contributed by atoms with van der Waals surface area (Å²) in [7, 11) is 0. The van der Waals surface area contributed by atoms with E-state index in [1.54, 1.807) is 0 Å². The number of para-hydroxylation sites is 2. The van der Waals surface area contributed by atoms with Crippen LogP contribution < -0.4 is 0 Å². The minimum Gasteiger partial charge on any atom is -0.502 e. The molecule has 0 saturated carbocycles. The smallest absolute Gasteiger partial charge is 0.310 e. The molecule has 0 unspecified atom stereocenters. The van der Waals surface area contributed by atoms with Crippen molar-refractivity contribution in [3.63, 3.8) is 0 Å². The number of nitro groups is 1. The van der Waals surface area contributed by atoms with Gasteiger partial charge in [0.25, 0.3) is 0 Å². The molecule has 0 aliphatic rings. The van der Waals surface area contributed by atoms with Crippen LogP contribution >= 0.6 is 0 Å². The molecule has 1 aromatic rings. The van der Waals surface area contributed by atoms with Crippen molar-refractivity contribution < 1.29 is 19.9 Å². The van der Waals surface area contributed by atoms with Crippen molar-refractivity contribution >= 4 is 11.7 Å². The second kappa shape index (κ2) is 19.9. The number of allylic oxidation sites excluding steroid dienone is 2. The first kappa shape index (κ1) is 27.6. The van der Waals surface area contributed by atoms with E-state index in [1.165, 1.54) is 94.9 Å². The summed E-state index contributed by atoms with van der Waals surface area (Å²) < 4.78 is 0. The number of phenolic OH excluding ortho intramolecular Hbond substituents is 1. The van der Waals surface area contributed by atoms with Gasteiger partial charge in [-0.1, -0.05) is 82.6 Å². The summed E-state index contributed by atoms with van der Waals surface area (Å²) in [5.74, 6) is -0.963. The third kappa shape index (κ3) is 17.7. The standard InChI is InChI=1S/C18H34O2.C6H5NO3/c1-2-3-4-5-6-7-8-9-10-11-12-13-14-15-16-17-18(19)20;8-6-4-2-1-3-5(6)7(9)10/h9-10H,2-8,11-17H2,1H3,(H,19,20);1-4,8H. The van der Waals surface area contributed by atoms with E-state index < -0.39 is 10.9 Å². The topological polar surface area (TPSA) is 101 Å². The van der Waals surface area contributed by atoms with Crippen molar-refractivity contribution in [1.29, 1.82) is 0 Å². The predicted molar refractivity (Wildman–Crippen MR) is 122 cm³/mol. The van der Waals surface area contributed by atoms with Crippen LogP contribution in [0.1, 0.15) is 96.8 Å². The van der Waals surface area contributed by atoms with E-state index in [-0.39, 0.29) is 11.4 Å². The number of aromatic hydroxyl groups is 1. The number of benzene rings is 1. The van der Waals surface area contributed by atoms with Crippen LogP contribution in [0.25, 0.3) is 0 Å². The lowest BCUT2D eigenvalue weighted by Gasteiger charge is -1.99. The number of nitrogens with zero attached hydrogens (tertiary/aromatic N) is 1. The highest BCUT2D eigenvalue weighted by molar-refractivity contribution is 5.66. The van der Waals surface area contributed by atoms with Gasteiger partial charge in [-0.25, -0.2) is 0 Å². The first-order valence-electron chi connectivity index (χ1n) is 11.3. The average Bonchev–Trinajstić information content (AvgIpc) is 2.71. The third-order valence-electron chi connectivity index (χ3n) is 4.73. The first-order chi connectivity index (χ1) is 14.5. The summed E-state index contributed by atoms with van der Waals surface area (Å²) in [4.78, 5) is 19.8. The normalized spacial score (nSPS) is 10.6. The van der Waals surface area contributed by atoms with E-state index in [0.717, 1.165) is 12.8 Å². The Morgan fingerprint density at radius 2 is 1.40 bits per heavy atom. The maximum atomic E-state index is 10.3. The Labute approximate surface area is 181 Å². The summed E-state index contributed by atoms with van der Waals surface area (Å²) in [5.41, 5.74) is -0.262. The molecular formula is C24H39NO5. The molecule has 0 spiro atoms. The van der Waals surface area contributed by atoms with Gasteiger partial charge in [0.2, 0.25) is 0 Å². The van der Waals surface area contributed by atoms with Crippen molar-refractivity contribution in [1.82, 2.24) is 0 Å². The molecule has 2 N–H and O–H groups in total. The summed E-state index contributed by atoms with van der Waals surface area (Å²) in [5, 5.41) is 27.4.